The Morgan fingerprint density at radius 1 is 1.46 bits per heavy atom. The van der Waals surface area contributed by atoms with Gasteiger partial charge in [0.15, 0.2) is 0 Å². The van der Waals surface area contributed by atoms with Gasteiger partial charge < -0.3 is 0 Å². The Kier molecular flexibility index (Phi) is 2.70. The predicted molar refractivity (Wildman–Crippen MR) is 50.9 cm³/mol. The SMILES string of the molecule is Cc1cc(=O)[nH]c(=O)n1CC(C)C. The highest BCUT2D eigenvalue weighted by molar-refractivity contribution is 4.98. The van der Waals surface area contributed by atoms with Crippen molar-refractivity contribution in [3.63, 3.8) is 0 Å². The van der Waals surface area contributed by atoms with Gasteiger partial charge in [-0.1, -0.05) is 13.8 Å². The molecule has 1 aromatic rings. The van der Waals surface area contributed by atoms with Crippen LogP contribution in [0.2, 0.25) is 0 Å². The van der Waals surface area contributed by atoms with E-state index < -0.39 is 0 Å². The molecule has 72 valence electrons. The van der Waals surface area contributed by atoms with E-state index in [9.17, 15) is 9.59 Å². The van der Waals surface area contributed by atoms with E-state index in [1.807, 2.05) is 13.8 Å². The first-order valence-electron chi connectivity index (χ1n) is 4.31. The Labute approximate surface area is 76.2 Å². The monoisotopic (exact) mass is 182 g/mol. The zero-order valence-electron chi connectivity index (χ0n) is 8.13. The molecule has 0 radical (unpaired) electrons. The number of nitrogens with zero attached hydrogens (tertiary/aromatic N) is 1. The van der Waals surface area contributed by atoms with Crippen molar-refractivity contribution < 1.29 is 0 Å². The summed E-state index contributed by atoms with van der Waals surface area (Å²) in [6, 6.07) is 1.43. The van der Waals surface area contributed by atoms with Gasteiger partial charge in [-0.25, -0.2) is 4.79 Å². The molecule has 0 spiro atoms. The van der Waals surface area contributed by atoms with Crippen molar-refractivity contribution in [2.45, 2.75) is 27.3 Å². The molecule has 0 unspecified atom stereocenters. The van der Waals surface area contributed by atoms with E-state index >= 15 is 0 Å². The van der Waals surface area contributed by atoms with E-state index in [0.29, 0.717) is 18.2 Å². The first kappa shape index (κ1) is 9.77. The van der Waals surface area contributed by atoms with E-state index in [2.05, 4.69) is 4.98 Å². The summed E-state index contributed by atoms with van der Waals surface area (Å²) < 4.78 is 1.58. The fraction of sp³-hybridized carbons (Fsp3) is 0.556. The minimum absolute atomic E-state index is 0.321. The van der Waals surface area contributed by atoms with Crippen molar-refractivity contribution in [3.8, 4) is 0 Å². The summed E-state index contributed by atoms with van der Waals surface area (Å²) in [6.07, 6.45) is 0. The van der Waals surface area contributed by atoms with Crippen LogP contribution in [0, 0.1) is 12.8 Å². The van der Waals surface area contributed by atoms with Gasteiger partial charge in [0.25, 0.3) is 5.56 Å². The maximum Gasteiger partial charge on any atom is 0.328 e. The summed E-state index contributed by atoms with van der Waals surface area (Å²) >= 11 is 0. The molecule has 0 atom stereocenters. The van der Waals surface area contributed by atoms with Crippen LogP contribution in [0.25, 0.3) is 0 Å². The van der Waals surface area contributed by atoms with Crippen LogP contribution in [-0.4, -0.2) is 9.55 Å². The van der Waals surface area contributed by atoms with Crippen molar-refractivity contribution in [1.82, 2.24) is 9.55 Å². The second kappa shape index (κ2) is 3.60. The van der Waals surface area contributed by atoms with Crippen LogP contribution in [0.1, 0.15) is 19.5 Å². The number of H-pyrrole nitrogens is 1. The molecule has 0 aliphatic carbocycles. The number of hydrogen-bond donors (Lipinski definition) is 1. The summed E-state index contributed by atoms with van der Waals surface area (Å²) in [5.74, 6) is 0.391. The third kappa shape index (κ3) is 2.31. The Hall–Kier alpha value is -1.32. The van der Waals surface area contributed by atoms with Crippen LogP contribution in [0.3, 0.4) is 0 Å². The second-order valence-corrected chi connectivity index (χ2v) is 3.58. The van der Waals surface area contributed by atoms with Gasteiger partial charge in [0.05, 0.1) is 0 Å². The van der Waals surface area contributed by atoms with E-state index in [1.54, 1.807) is 11.5 Å². The van der Waals surface area contributed by atoms with Gasteiger partial charge in [-0.05, 0) is 12.8 Å². The van der Waals surface area contributed by atoms with Gasteiger partial charge in [0.1, 0.15) is 0 Å². The molecule has 0 saturated carbocycles. The zero-order chi connectivity index (χ0) is 10.0. The number of aromatic nitrogens is 2. The zero-order valence-corrected chi connectivity index (χ0v) is 8.13. The molecule has 1 aromatic heterocycles. The predicted octanol–water partition coefficient (Wildman–Crippen LogP) is 0.501. The molecule has 0 aliphatic heterocycles. The molecule has 0 aromatic carbocycles. The Morgan fingerprint density at radius 2 is 2.08 bits per heavy atom. The minimum Gasteiger partial charge on any atom is -0.298 e. The molecule has 0 bridgehead atoms. The Bertz CT molecular complexity index is 401. The lowest BCUT2D eigenvalue weighted by Gasteiger charge is -2.10. The molecule has 0 amide bonds. The Balaban J connectivity index is 3.22. The molecule has 0 aliphatic rings. The lowest BCUT2D eigenvalue weighted by Crippen LogP contribution is -2.32. The molecule has 1 N–H and O–H groups in total. The quantitative estimate of drug-likeness (QED) is 0.724. The lowest BCUT2D eigenvalue weighted by molar-refractivity contribution is 0.492. The number of nitrogens with one attached hydrogen (secondary N) is 1. The third-order valence-corrected chi connectivity index (χ3v) is 1.79. The van der Waals surface area contributed by atoms with Crippen molar-refractivity contribution in [2.75, 3.05) is 0 Å². The first-order valence-corrected chi connectivity index (χ1v) is 4.31. The van der Waals surface area contributed by atoms with E-state index in [1.165, 1.54) is 6.07 Å². The highest BCUT2D eigenvalue weighted by Crippen LogP contribution is 1.97. The Morgan fingerprint density at radius 3 is 2.54 bits per heavy atom. The summed E-state index contributed by atoms with van der Waals surface area (Å²) in [5.41, 5.74) is 0.0589. The van der Waals surface area contributed by atoms with Crippen LogP contribution in [0.5, 0.6) is 0 Å². The molecular weight excluding hydrogens is 168 g/mol. The van der Waals surface area contributed by atoms with Crippen LogP contribution in [0.15, 0.2) is 15.7 Å². The number of aromatic amines is 1. The van der Waals surface area contributed by atoms with E-state index in [-0.39, 0.29) is 11.2 Å². The summed E-state index contributed by atoms with van der Waals surface area (Å²) in [6.45, 7) is 6.45. The fourth-order valence-corrected chi connectivity index (χ4v) is 1.23. The smallest absolute Gasteiger partial charge is 0.298 e. The molecule has 1 heterocycles. The average molecular weight is 182 g/mol. The molecule has 13 heavy (non-hydrogen) atoms. The third-order valence-electron chi connectivity index (χ3n) is 1.79. The van der Waals surface area contributed by atoms with Gasteiger partial charge in [0.2, 0.25) is 0 Å². The molecule has 0 saturated heterocycles. The van der Waals surface area contributed by atoms with E-state index in [4.69, 9.17) is 0 Å². The second-order valence-electron chi connectivity index (χ2n) is 3.58. The van der Waals surface area contributed by atoms with Crippen LogP contribution in [0.4, 0.5) is 0 Å². The molecule has 4 nitrogen and oxygen atoms in total. The van der Waals surface area contributed by atoms with Crippen molar-refractivity contribution in [1.29, 1.82) is 0 Å². The van der Waals surface area contributed by atoms with Crippen LogP contribution < -0.4 is 11.2 Å². The van der Waals surface area contributed by atoms with Gasteiger partial charge in [-0.15, -0.1) is 0 Å². The van der Waals surface area contributed by atoms with Crippen LogP contribution in [-0.2, 0) is 6.54 Å². The fourth-order valence-electron chi connectivity index (χ4n) is 1.23. The highest BCUT2D eigenvalue weighted by atomic mass is 16.2. The minimum atomic E-state index is -0.331. The summed E-state index contributed by atoms with van der Waals surface area (Å²) in [5, 5.41) is 0. The maximum absolute atomic E-state index is 11.3. The van der Waals surface area contributed by atoms with Gasteiger partial charge in [-0.2, -0.15) is 0 Å². The highest BCUT2D eigenvalue weighted by Gasteiger charge is 2.03. The summed E-state index contributed by atoms with van der Waals surface area (Å²) in [7, 11) is 0. The van der Waals surface area contributed by atoms with E-state index in [0.717, 1.165) is 0 Å². The largest absolute Gasteiger partial charge is 0.328 e. The topological polar surface area (TPSA) is 54.9 Å². The molecular formula is C9H14N2O2. The van der Waals surface area contributed by atoms with Gasteiger partial charge in [-0.3, -0.25) is 14.3 Å². The average Bonchev–Trinajstić information content (AvgIpc) is 1.96. The molecule has 1 rings (SSSR count). The van der Waals surface area contributed by atoms with Crippen LogP contribution >= 0.6 is 0 Å². The first-order chi connectivity index (χ1) is 6.00. The molecule has 0 fully saturated rings. The lowest BCUT2D eigenvalue weighted by atomic mass is 10.2. The van der Waals surface area contributed by atoms with Gasteiger partial charge in [0, 0.05) is 18.3 Å². The number of rotatable bonds is 2. The van der Waals surface area contributed by atoms with Gasteiger partial charge >= 0.3 is 5.69 Å². The number of hydrogen-bond acceptors (Lipinski definition) is 2. The van der Waals surface area contributed by atoms with Crippen molar-refractivity contribution in [3.05, 3.63) is 32.6 Å². The van der Waals surface area contributed by atoms with Crippen molar-refractivity contribution in [2.24, 2.45) is 5.92 Å². The normalized spacial score (nSPS) is 10.8. The molecule has 4 heteroatoms. The maximum atomic E-state index is 11.3. The van der Waals surface area contributed by atoms with Crippen molar-refractivity contribution >= 4 is 0 Å². The number of aryl methyl sites for hydroxylation is 1. The summed E-state index contributed by atoms with van der Waals surface area (Å²) in [4.78, 5) is 24.4. The standard InChI is InChI=1S/C9H14N2O2/c1-6(2)5-11-7(3)4-8(12)10-9(11)13/h4,6H,5H2,1-3H3,(H,10,12,13).